The zero-order valence-corrected chi connectivity index (χ0v) is 11.0. The molecule has 0 N–H and O–H groups in total. The second-order valence-electron chi connectivity index (χ2n) is 3.65. The summed E-state index contributed by atoms with van der Waals surface area (Å²) in [6.07, 6.45) is 2.35. The lowest BCUT2D eigenvalue weighted by molar-refractivity contribution is -0.138. The molecule has 100 valence electrons. The van der Waals surface area contributed by atoms with Gasteiger partial charge in [0.25, 0.3) is 0 Å². The largest absolute Gasteiger partial charge is 0.478 e. The molecule has 0 unspecified atom stereocenters. The Morgan fingerprint density at radius 2 is 2.17 bits per heavy atom. The molecule has 1 aromatic heterocycles. The third-order valence-electron chi connectivity index (χ3n) is 2.33. The van der Waals surface area contributed by atoms with E-state index in [1.54, 1.807) is 11.0 Å². The molecule has 0 atom stereocenters. The number of esters is 1. The summed E-state index contributed by atoms with van der Waals surface area (Å²) >= 11 is 0. The maximum atomic E-state index is 11.3. The molecule has 0 aliphatic heterocycles. The second kappa shape index (κ2) is 7.47. The second-order valence-corrected chi connectivity index (χ2v) is 3.65. The summed E-state index contributed by atoms with van der Waals surface area (Å²) in [5.41, 5.74) is 0. The highest BCUT2D eigenvalue weighted by molar-refractivity contribution is 5.75. The average molecular weight is 253 g/mol. The van der Waals surface area contributed by atoms with E-state index >= 15 is 0 Å². The van der Waals surface area contributed by atoms with Gasteiger partial charge in [-0.25, -0.2) is 9.97 Å². The number of rotatable bonds is 7. The van der Waals surface area contributed by atoms with Crippen molar-refractivity contribution in [1.82, 2.24) is 9.97 Å². The summed E-state index contributed by atoms with van der Waals surface area (Å²) in [5.74, 6) is 0.876. The van der Waals surface area contributed by atoms with Gasteiger partial charge in [0.05, 0.1) is 13.7 Å². The van der Waals surface area contributed by atoms with Gasteiger partial charge < -0.3 is 14.4 Å². The fraction of sp³-hybridized carbons (Fsp3) is 0.583. The first-order chi connectivity index (χ1) is 8.71. The van der Waals surface area contributed by atoms with Gasteiger partial charge >= 0.3 is 5.97 Å². The minimum Gasteiger partial charge on any atom is -0.478 e. The monoisotopic (exact) mass is 253 g/mol. The van der Waals surface area contributed by atoms with Crippen molar-refractivity contribution in [2.45, 2.75) is 20.3 Å². The minimum absolute atomic E-state index is 0.164. The van der Waals surface area contributed by atoms with Crippen molar-refractivity contribution in [2.75, 3.05) is 31.7 Å². The van der Waals surface area contributed by atoms with Crippen LogP contribution in [0.3, 0.4) is 0 Å². The molecule has 6 heteroatoms. The van der Waals surface area contributed by atoms with Gasteiger partial charge in [-0.2, -0.15) is 0 Å². The highest BCUT2D eigenvalue weighted by Gasteiger charge is 2.12. The van der Waals surface area contributed by atoms with E-state index in [1.807, 2.05) is 13.8 Å². The summed E-state index contributed by atoms with van der Waals surface area (Å²) in [4.78, 5) is 21.2. The van der Waals surface area contributed by atoms with Gasteiger partial charge in [-0.15, -0.1) is 0 Å². The predicted molar refractivity (Wildman–Crippen MR) is 67.7 cm³/mol. The van der Waals surface area contributed by atoms with E-state index in [0.717, 1.165) is 6.42 Å². The quantitative estimate of drug-likeness (QED) is 0.682. The third kappa shape index (κ3) is 4.20. The Labute approximate surface area is 107 Å². The molecule has 6 nitrogen and oxygen atoms in total. The predicted octanol–water partition coefficient (Wildman–Crippen LogP) is 1.26. The molecule has 0 aliphatic carbocycles. The first kappa shape index (κ1) is 14.2. The Hall–Kier alpha value is -1.85. The standard InChI is InChI=1S/C12H19N3O3/c1-4-6-18-11-7-10(13-9-14-11)15(5-2)8-12(16)17-3/h7,9H,4-6,8H2,1-3H3. The van der Waals surface area contributed by atoms with Crippen LogP contribution in [0.4, 0.5) is 5.82 Å². The Morgan fingerprint density at radius 1 is 1.39 bits per heavy atom. The summed E-state index contributed by atoms with van der Waals surface area (Å²) in [5, 5.41) is 0. The topological polar surface area (TPSA) is 64.5 Å². The van der Waals surface area contributed by atoms with E-state index < -0.39 is 0 Å². The molecule has 0 spiro atoms. The van der Waals surface area contributed by atoms with Crippen molar-refractivity contribution in [3.05, 3.63) is 12.4 Å². The zero-order valence-electron chi connectivity index (χ0n) is 11.0. The lowest BCUT2D eigenvalue weighted by Crippen LogP contribution is -2.31. The maximum Gasteiger partial charge on any atom is 0.325 e. The van der Waals surface area contributed by atoms with Crippen LogP contribution in [0.5, 0.6) is 5.88 Å². The average Bonchev–Trinajstić information content (AvgIpc) is 2.42. The molecular weight excluding hydrogens is 234 g/mol. The van der Waals surface area contributed by atoms with Gasteiger partial charge in [-0.1, -0.05) is 6.92 Å². The molecule has 0 amide bonds. The fourth-order valence-electron chi connectivity index (χ4n) is 1.36. The van der Waals surface area contributed by atoms with Gasteiger partial charge in [-0.05, 0) is 13.3 Å². The number of likely N-dealkylation sites (N-methyl/N-ethyl adjacent to an activating group) is 1. The van der Waals surface area contributed by atoms with Gasteiger partial charge in [0.15, 0.2) is 0 Å². The van der Waals surface area contributed by atoms with Crippen molar-refractivity contribution in [3.63, 3.8) is 0 Å². The van der Waals surface area contributed by atoms with E-state index in [1.165, 1.54) is 13.4 Å². The number of aromatic nitrogens is 2. The lowest BCUT2D eigenvalue weighted by atomic mass is 10.4. The van der Waals surface area contributed by atoms with Crippen LogP contribution in [0.25, 0.3) is 0 Å². The van der Waals surface area contributed by atoms with Gasteiger partial charge in [0, 0.05) is 12.6 Å². The van der Waals surface area contributed by atoms with Crippen molar-refractivity contribution < 1.29 is 14.3 Å². The highest BCUT2D eigenvalue weighted by atomic mass is 16.5. The number of methoxy groups -OCH3 is 1. The molecule has 0 radical (unpaired) electrons. The Balaban J connectivity index is 2.75. The van der Waals surface area contributed by atoms with Crippen LogP contribution >= 0.6 is 0 Å². The lowest BCUT2D eigenvalue weighted by Gasteiger charge is -2.20. The van der Waals surface area contributed by atoms with Crippen LogP contribution in [0, 0.1) is 0 Å². The fourth-order valence-corrected chi connectivity index (χ4v) is 1.36. The van der Waals surface area contributed by atoms with Crippen LogP contribution < -0.4 is 9.64 Å². The third-order valence-corrected chi connectivity index (χ3v) is 2.33. The number of nitrogens with zero attached hydrogens (tertiary/aromatic N) is 3. The van der Waals surface area contributed by atoms with Crippen molar-refractivity contribution >= 4 is 11.8 Å². The maximum absolute atomic E-state index is 11.3. The van der Waals surface area contributed by atoms with Crippen LogP contribution in [-0.2, 0) is 9.53 Å². The SMILES string of the molecule is CCCOc1cc(N(CC)CC(=O)OC)ncn1. The van der Waals surface area contributed by atoms with Gasteiger partial charge in [-0.3, -0.25) is 4.79 Å². The molecule has 0 bridgehead atoms. The van der Waals surface area contributed by atoms with E-state index in [2.05, 4.69) is 14.7 Å². The molecule has 0 saturated heterocycles. The normalized spacial score (nSPS) is 9.94. The molecule has 0 saturated carbocycles. The molecule has 0 aromatic carbocycles. The summed E-state index contributed by atoms with van der Waals surface area (Å²) in [7, 11) is 1.37. The van der Waals surface area contributed by atoms with Crippen LogP contribution in [0.15, 0.2) is 12.4 Å². The van der Waals surface area contributed by atoms with Crippen molar-refractivity contribution in [3.8, 4) is 5.88 Å². The molecule has 0 fully saturated rings. The minimum atomic E-state index is -0.300. The molecule has 1 aromatic rings. The molecule has 0 aliphatic rings. The molecule has 18 heavy (non-hydrogen) atoms. The number of anilines is 1. The summed E-state index contributed by atoms with van der Waals surface area (Å²) < 4.78 is 10.1. The van der Waals surface area contributed by atoms with Crippen LogP contribution in [0.1, 0.15) is 20.3 Å². The first-order valence-corrected chi connectivity index (χ1v) is 5.97. The Bertz CT molecular complexity index is 385. The zero-order chi connectivity index (χ0) is 13.4. The van der Waals surface area contributed by atoms with Crippen LogP contribution in [-0.4, -0.2) is 42.7 Å². The first-order valence-electron chi connectivity index (χ1n) is 5.97. The summed E-state index contributed by atoms with van der Waals surface area (Å²) in [6, 6.07) is 1.72. The number of carbonyl (C=O) groups is 1. The van der Waals surface area contributed by atoms with E-state index in [4.69, 9.17) is 4.74 Å². The number of carbonyl (C=O) groups excluding carboxylic acids is 1. The van der Waals surface area contributed by atoms with Gasteiger partial charge in [0.1, 0.15) is 18.7 Å². The Morgan fingerprint density at radius 3 is 2.78 bits per heavy atom. The van der Waals surface area contributed by atoms with Crippen LogP contribution in [0.2, 0.25) is 0 Å². The number of ether oxygens (including phenoxy) is 2. The van der Waals surface area contributed by atoms with Crippen molar-refractivity contribution in [2.24, 2.45) is 0 Å². The molecular formula is C12H19N3O3. The smallest absolute Gasteiger partial charge is 0.325 e. The van der Waals surface area contributed by atoms with E-state index in [-0.39, 0.29) is 12.5 Å². The Kier molecular flexibility index (Phi) is 5.90. The highest BCUT2D eigenvalue weighted by Crippen LogP contribution is 2.15. The number of hydrogen-bond donors (Lipinski definition) is 0. The number of hydrogen-bond acceptors (Lipinski definition) is 6. The van der Waals surface area contributed by atoms with E-state index in [0.29, 0.717) is 24.8 Å². The van der Waals surface area contributed by atoms with E-state index in [9.17, 15) is 4.79 Å². The van der Waals surface area contributed by atoms with Gasteiger partial charge in [0.2, 0.25) is 5.88 Å². The molecule has 1 rings (SSSR count). The van der Waals surface area contributed by atoms with Crippen molar-refractivity contribution in [1.29, 1.82) is 0 Å². The summed E-state index contributed by atoms with van der Waals surface area (Å²) in [6.45, 7) is 5.39. The molecule has 1 heterocycles.